The number of benzene rings is 1. The molecule has 3 aliphatic rings. The molecule has 4 rings (SSSR count). The summed E-state index contributed by atoms with van der Waals surface area (Å²) in [5.41, 5.74) is 1.40. The number of carbonyl (C=O) groups is 2. The first kappa shape index (κ1) is 26.0. The molecular formula is C28H42N2O5. The van der Waals surface area contributed by atoms with Crippen molar-refractivity contribution >= 4 is 17.5 Å². The van der Waals surface area contributed by atoms with Crippen molar-refractivity contribution in [3.63, 3.8) is 0 Å². The Hall–Kier alpha value is -2.12. The van der Waals surface area contributed by atoms with E-state index in [-0.39, 0.29) is 23.9 Å². The molecule has 0 bridgehead atoms. The topological polar surface area (TPSA) is 68.3 Å². The Balaban J connectivity index is 1.69. The lowest BCUT2D eigenvalue weighted by atomic mass is 9.89. The second-order valence-corrected chi connectivity index (χ2v) is 10.6. The predicted molar refractivity (Wildman–Crippen MR) is 136 cm³/mol. The smallest absolute Gasteiger partial charge is 0.271 e. The van der Waals surface area contributed by atoms with Gasteiger partial charge in [0, 0.05) is 50.8 Å². The standard InChI is InChI=1S/C28H42N2O5/c1-20(2)30(22-10-6-5-7-11-22)26(31)23-19-24-25(18-21(23)3)35-28(12-16-34-17-13-28)27(32)29(24)14-8-9-15-33-4/h18-20,22H,5-17H2,1-4H3. The molecule has 1 aromatic rings. The fourth-order valence-electron chi connectivity index (χ4n) is 5.88. The van der Waals surface area contributed by atoms with Gasteiger partial charge >= 0.3 is 0 Å². The van der Waals surface area contributed by atoms with Crippen LogP contribution in [0.15, 0.2) is 12.1 Å². The molecule has 0 aromatic heterocycles. The van der Waals surface area contributed by atoms with Gasteiger partial charge in [-0.2, -0.15) is 0 Å². The van der Waals surface area contributed by atoms with E-state index in [2.05, 4.69) is 18.7 Å². The summed E-state index contributed by atoms with van der Waals surface area (Å²) in [7, 11) is 1.69. The van der Waals surface area contributed by atoms with Crippen molar-refractivity contribution in [2.45, 2.75) is 96.2 Å². The number of aryl methyl sites for hydroxylation is 1. The Kier molecular flexibility index (Phi) is 8.38. The van der Waals surface area contributed by atoms with Crippen molar-refractivity contribution in [3.8, 4) is 5.75 Å². The van der Waals surface area contributed by atoms with E-state index in [0.717, 1.165) is 31.2 Å². The molecule has 1 spiro atoms. The van der Waals surface area contributed by atoms with E-state index in [1.807, 2.05) is 24.0 Å². The minimum atomic E-state index is -0.878. The first-order valence-electron chi connectivity index (χ1n) is 13.4. The molecule has 2 fully saturated rings. The summed E-state index contributed by atoms with van der Waals surface area (Å²) in [5.74, 6) is 0.743. The summed E-state index contributed by atoms with van der Waals surface area (Å²) in [6.45, 7) is 8.44. The number of nitrogens with zero attached hydrogens (tertiary/aromatic N) is 2. The number of ether oxygens (including phenoxy) is 3. The van der Waals surface area contributed by atoms with Crippen molar-refractivity contribution in [1.29, 1.82) is 0 Å². The zero-order valence-electron chi connectivity index (χ0n) is 21.9. The molecule has 2 heterocycles. The van der Waals surface area contributed by atoms with Gasteiger partial charge in [0.2, 0.25) is 0 Å². The van der Waals surface area contributed by atoms with Crippen molar-refractivity contribution in [2.24, 2.45) is 0 Å². The summed E-state index contributed by atoms with van der Waals surface area (Å²) >= 11 is 0. The highest BCUT2D eigenvalue weighted by Gasteiger charge is 2.49. The lowest BCUT2D eigenvalue weighted by Crippen LogP contribution is -2.58. The number of anilines is 1. The highest BCUT2D eigenvalue weighted by atomic mass is 16.5. The first-order valence-corrected chi connectivity index (χ1v) is 13.4. The molecule has 2 aliphatic heterocycles. The Bertz CT molecular complexity index is 903. The van der Waals surface area contributed by atoms with Gasteiger partial charge in [-0.05, 0) is 64.2 Å². The van der Waals surface area contributed by atoms with Crippen LogP contribution in [-0.2, 0) is 14.3 Å². The molecule has 7 nitrogen and oxygen atoms in total. The minimum Gasteiger partial charge on any atom is -0.475 e. The van der Waals surface area contributed by atoms with Crippen molar-refractivity contribution in [1.82, 2.24) is 4.90 Å². The van der Waals surface area contributed by atoms with Crippen LogP contribution in [-0.4, -0.2) is 67.9 Å². The van der Waals surface area contributed by atoms with Gasteiger partial charge in [-0.3, -0.25) is 9.59 Å². The first-order chi connectivity index (χ1) is 16.9. The van der Waals surface area contributed by atoms with Crippen LogP contribution >= 0.6 is 0 Å². The van der Waals surface area contributed by atoms with E-state index in [0.29, 0.717) is 56.2 Å². The molecule has 0 unspecified atom stereocenters. The van der Waals surface area contributed by atoms with Crippen molar-refractivity contribution < 1.29 is 23.8 Å². The maximum atomic E-state index is 13.9. The molecule has 0 atom stereocenters. The number of methoxy groups -OCH3 is 1. The van der Waals surface area contributed by atoms with Gasteiger partial charge < -0.3 is 24.0 Å². The molecule has 194 valence electrons. The normalized spacial score (nSPS) is 20.1. The van der Waals surface area contributed by atoms with Crippen LogP contribution in [0.1, 0.15) is 87.6 Å². The fraction of sp³-hybridized carbons (Fsp3) is 0.714. The SMILES string of the molecule is COCCCCN1C(=O)C2(CCOCC2)Oc2cc(C)c(C(=O)N(C(C)C)C3CCCCC3)cc21. The van der Waals surface area contributed by atoms with Gasteiger partial charge in [-0.1, -0.05) is 19.3 Å². The average Bonchev–Trinajstić information content (AvgIpc) is 2.85. The number of hydrogen-bond donors (Lipinski definition) is 0. The zero-order chi connectivity index (χ0) is 25.0. The maximum Gasteiger partial charge on any atom is 0.271 e. The third-order valence-electron chi connectivity index (χ3n) is 7.81. The van der Waals surface area contributed by atoms with E-state index in [4.69, 9.17) is 14.2 Å². The van der Waals surface area contributed by atoms with Crippen LogP contribution in [0.5, 0.6) is 5.75 Å². The van der Waals surface area contributed by atoms with Crippen LogP contribution in [0.25, 0.3) is 0 Å². The van der Waals surface area contributed by atoms with Gasteiger partial charge in [0.1, 0.15) is 5.75 Å². The molecule has 1 saturated heterocycles. The van der Waals surface area contributed by atoms with E-state index in [9.17, 15) is 9.59 Å². The second-order valence-electron chi connectivity index (χ2n) is 10.6. The van der Waals surface area contributed by atoms with Crippen LogP contribution in [0.2, 0.25) is 0 Å². The number of hydrogen-bond acceptors (Lipinski definition) is 5. The molecule has 35 heavy (non-hydrogen) atoms. The van der Waals surface area contributed by atoms with Crippen LogP contribution in [0.3, 0.4) is 0 Å². The van der Waals surface area contributed by atoms with E-state index in [1.165, 1.54) is 19.3 Å². The zero-order valence-corrected chi connectivity index (χ0v) is 21.9. The lowest BCUT2D eigenvalue weighted by Gasteiger charge is -2.45. The third-order valence-corrected chi connectivity index (χ3v) is 7.81. The van der Waals surface area contributed by atoms with Crippen molar-refractivity contribution in [3.05, 3.63) is 23.3 Å². The quantitative estimate of drug-likeness (QED) is 0.490. The number of carbonyl (C=O) groups excluding carboxylic acids is 2. The van der Waals surface area contributed by atoms with E-state index in [1.54, 1.807) is 7.11 Å². The Labute approximate surface area is 210 Å². The molecule has 1 aromatic carbocycles. The van der Waals surface area contributed by atoms with Crippen molar-refractivity contribution in [2.75, 3.05) is 38.4 Å². The van der Waals surface area contributed by atoms with Gasteiger partial charge in [-0.25, -0.2) is 0 Å². The fourth-order valence-corrected chi connectivity index (χ4v) is 5.88. The molecular weight excluding hydrogens is 444 g/mol. The summed E-state index contributed by atoms with van der Waals surface area (Å²) in [4.78, 5) is 31.7. The third kappa shape index (κ3) is 5.36. The maximum absolute atomic E-state index is 13.9. The van der Waals surface area contributed by atoms with Crippen LogP contribution < -0.4 is 9.64 Å². The summed E-state index contributed by atoms with van der Waals surface area (Å²) in [6.07, 6.45) is 8.50. The monoisotopic (exact) mass is 486 g/mol. The summed E-state index contributed by atoms with van der Waals surface area (Å²) < 4.78 is 17.2. The van der Waals surface area contributed by atoms with E-state index < -0.39 is 5.60 Å². The Morgan fingerprint density at radius 3 is 2.54 bits per heavy atom. The minimum absolute atomic E-state index is 0.0130. The highest BCUT2D eigenvalue weighted by molar-refractivity contribution is 6.05. The lowest BCUT2D eigenvalue weighted by molar-refractivity contribution is -0.144. The van der Waals surface area contributed by atoms with Gasteiger partial charge in [0.15, 0.2) is 5.60 Å². The number of amides is 2. The van der Waals surface area contributed by atoms with Gasteiger partial charge in [0.05, 0.1) is 18.9 Å². The predicted octanol–water partition coefficient (Wildman–Crippen LogP) is 4.88. The molecule has 0 radical (unpaired) electrons. The Morgan fingerprint density at radius 2 is 1.89 bits per heavy atom. The number of rotatable bonds is 8. The number of unbranched alkanes of at least 4 members (excludes halogenated alkanes) is 1. The largest absolute Gasteiger partial charge is 0.475 e. The Morgan fingerprint density at radius 1 is 1.17 bits per heavy atom. The number of fused-ring (bicyclic) bond motifs is 1. The molecule has 1 saturated carbocycles. The second kappa shape index (κ2) is 11.3. The molecule has 0 N–H and O–H groups in total. The van der Waals surface area contributed by atoms with Crippen LogP contribution in [0.4, 0.5) is 5.69 Å². The average molecular weight is 487 g/mol. The molecule has 2 amide bonds. The van der Waals surface area contributed by atoms with E-state index >= 15 is 0 Å². The summed E-state index contributed by atoms with van der Waals surface area (Å²) in [5, 5.41) is 0. The molecule has 1 aliphatic carbocycles. The molecule has 7 heteroatoms. The van der Waals surface area contributed by atoms with Crippen LogP contribution in [0, 0.1) is 6.92 Å². The van der Waals surface area contributed by atoms with Gasteiger partial charge in [-0.15, -0.1) is 0 Å². The van der Waals surface area contributed by atoms with Gasteiger partial charge in [0.25, 0.3) is 11.8 Å². The highest BCUT2D eigenvalue weighted by Crippen LogP contribution is 2.43. The summed E-state index contributed by atoms with van der Waals surface area (Å²) in [6, 6.07) is 4.27.